The Labute approximate surface area is 303 Å². The van der Waals surface area contributed by atoms with Crippen molar-refractivity contribution in [3.63, 3.8) is 0 Å². The van der Waals surface area contributed by atoms with Gasteiger partial charge in [-0.2, -0.15) is 0 Å². The van der Waals surface area contributed by atoms with Gasteiger partial charge in [0.2, 0.25) is 0 Å². The number of benzene rings is 3. The Morgan fingerprint density at radius 3 is 2.40 bits per heavy atom. The van der Waals surface area contributed by atoms with Crippen molar-refractivity contribution >= 4 is 27.3 Å². The number of thiophene rings is 1. The van der Waals surface area contributed by atoms with Gasteiger partial charge in [0.15, 0.2) is 23.2 Å². The van der Waals surface area contributed by atoms with E-state index in [4.69, 9.17) is 4.74 Å². The first-order chi connectivity index (χ1) is 21.3. The molecule has 45 heavy (non-hydrogen) atoms. The summed E-state index contributed by atoms with van der Waals surface area (Å²) in [6.45, 7) is 1.55. The Bertz CT molecular complexity index is 2220. The summed E-state index contributed by atoms with van der Waals surface area (Å²) in [6, 6.07) is 20.4. The number of fused-ring (bicyclic) bond motifs is 1. The number of ether oxygens (including phenoxy) is 1. The molecule has 0 aliphatic carbocycles. The molecule has 6 rings (SSSR count). The van der Waals surface area contributed by atoms with E-state index in [0.29, 0.717) is 28.0 Å². The van der Waals surface area contributed by atoms with Crippen LogP contribution in [0.15, 0.2) is 91.7 Å². The molecule has 0 unspecified atom stereocenters. The summed E-state index contributed by atoms with van der Waals surface area (Å²) in [6.07, 6.45) is 0.669. The minimum atomic E-state index is -0.718. The average Bonchev–Trinajstić information content (AvgIpc) is 3.68. The van der Waals surface area contributed by atoms with Gasteiger partial charge in [0, 0.05) is 16.0 Å². The van der Waals surface area contributed by atoms with E-state index in [9.17, 15) is 23.6 Å². The van der Waals surface area contributed by atoms with E-state index >= 15 is 0 Å². The molecule has 3 aromatic heterocycles. The summed E-state index contributed by atoms with van der Waals surface area (Å²) in [5.41, 5.74) is 1.93. The molecule has 0 saturated carbocycles. The van der Waals surface area contributed by atoms with E-state index < -0.39 is 35.2 Å². The number of rotatable bonds is 9. The molecule has 224 valence electrons. The van der Waals surface area contributed by atoms with Crippen molar-refractivity contribution in [3.8, 4) is 28.3 Å². The van der Waals surface area contributed by atoms with E-state index in [2.05, 4.69) is 14.7 Å². The Balaban J connectivity index is 0.00000240. The number of hydrogen-bond donors (Lipinski definition) is 1. The SMILES string of the molecule is CCc1cc2c(=O)n(CC(=O)c3ccc(OC)c(F)c3)c(=O)n(Cc3ccc(-c4ccccc4-c4noc(=O)[nH]4)cc3)c2s1.[H-].[K+]. The van der Waals surface area contributed by atoms with Gasteiger partial charge in [-0.25, -0.2) is 14.0 Å². The van der Waals surface area contributed by atoms with Crippen molar-refractivity contribution < 1.29 is 71.3 Å². The molecule has 0 aliphatic heterocycles. The third-order valence-corrected chi connectivity index (χ3v) is 8.60. The van der Waals surface area contributed by atoms with Gasteiger partial charge < -0.3 is 6.16 Å². The van der Waals surface area contributed by atoms with Gasteiger partial charge in [0.05, 0.1) is 25.6 Å². The van der Waals surface area contributed by atoms with Crippen molar-refractivity contribution in [1.29, 1.82) is 0 Å². The van der Waals surface area contributed by atoms with Crippen molar-refractivity contribution in [2.45, 2.75) is 26.4 Å². The fourth-order valence-electron chi connectivity index (χ4n) is 5.04. The van der Waals surface area contributed by atoms with Gasteiger partial charge in [-0.3, -0.25) is 28.2 Å². The van der Waals surface area contributed by atoms with Gasteiger partial charge in [0.25, 0.3) is 5.56 Å². The third kappa shape index (κ3) is 6.50. The Morgan fingerprint density at radius 2 is 1.76 bits per heavy atom. The maximum absolute atomic E-state index is 14.3. The van der Waals surface area contributed by atoms with Crippen LogP contribution in [0.2, 0.25) is 0 Å². The van der Waals surface area contributed by atoms with Crippen LogP contribution >= 0.6 is 11.3 Å². The maximum Gasteiger partial charge on any atom is 1.00 e. The van der Waals surface area contributed by atoms with E-state index in [1.165, 1.54) is 35.1 Å². The van der Waals surface area contributed by atoms with Crippen LogP contribution in [0.5, 0.6) is 5.75 Å². The molecule has 0 amide bonds. The van der Waals surface area contributed by atoms with Crippen molar-refractivity contribution in [2.24, 2.45) is 0 Å². The summed E-state index contributed by atoms with van der Waals surface area (Å²) in [7, 11) is 1.32. The number of carbonyl (C=O) groups is 1. The maximum atomic E-state index is 14.3. The van der Waals surface area contributed by atoms with E-state index in [-0.39, 0.29) is 70.7 Å². The minimum Gasteiger partial charge on any atom is -1.00 e. The number of nitrogens with one attached hydrogen (secondary N) is 1. The smallest absolute Gasteiger partial charge is 1.00 e. The van der Waals surface area contributed by atoms with E-state index in [1.54, 1.807) is 6.07 Å². The molecule has 13 heteroatoms. The number of aryl methyl sites for hydroxylation is 1. The molecular weight excluding hydrogens is 627 g/mol. The third-order valence-electron chi connectivity index (χ3n) is 7.30. The van der Waals surface area contributed by atoms with Crippen LogP contribution in [-0.2, 0) is 19.5 Å². The molecule has 0 radical (unpaired) electrons. The topological polar surface area (TPSA) is 129 Å². The quantitative estimate of drug-likeness (QED) is 0.187. The van der Waals surface area contributed by atoms with Crippen LogP contribution in [0, 0.1) is 5.82 Å². The predicted octanol–water partition coefficient (Wildman–Crippen LogP) is 1.99. The molecule has 3 heterocycles. The molecular formula is C32H26FKN4O6S. The molecule has 0 saturated heterocycles. The average molecular weight is 653 g/mol. The zero-order valence-corrected chi connectivity index (χ0v) is 28.6. The monoisotopic (exact) mass is 652 g/mol. The fourth-order valence-corrected chi connectivity index (χ4v) is 6.12. The number of ketones is 1. The predicted molar refractivity (Wildman–Crippen MR) is 165 cm³/mol. The number of hydrogen-bond acceptors (Lipinski definition) is 8. The fraction of sp³-hybridized carbons (Fsp3) is 0.156. The van der Waals surface area contributed by atoms with E-state index in [1.807, 2.05) is 55.5 Å². The molecule has 0 fully saturated rings. The normalized spacial score (nSPS) is 11.0. The van der Waals surface area contributed by atoms with Gasteiger partial charge in [-0.05, 0) is 47.4 Å². The molecule has 3 aromatic carbocycles. The zero-order chi connectivity index (χ0) is 31.0. The van der Waals surface area contributed by atoms with Crippen LogP contribution in [0.25, 0.3) is 32.7 Å². The summed E-state index contributed by atoms with van der Waals surface area (Å²) in [4.78, 5) is 55.8. The zero-order valence-electron chi connectivity index (χ0n) is 25.6. The van der Waals surface area contributed by atoms with Gasteiger partial charge in [-0.15, -0.1) is 11.3 Å². The van der Waals surface area contributed by atoms with E-state index in [0.717, 1.165) is 32.2 Å². The first-order valence-electron chi connectivity index (χ1n) is 13.6. The molecule has 0 bridgehead atoms. The molecule has 10 nitrogen and oxygen atoms in total. The number of carbonyl (C=O) groups excluding carboxylic acids is 1. The van der Waals surface area contributed by atoms with Crippen LogP contribution in [0.1, 0.15) is 29.1 Å². The standard InChI is InChI=1S/C32H25FN4O6S.K.H/c1-3-21-15-24-29(39)36(17-26(38)20-12-13-27(42-2)25(33)14-20)32(41)37(30(24)44-21)16-18-8-10-19(11-9-18)22-6-4-5-7-23(22)28-34-31(40)43-35-28;;/h4-15H,3,16-17H2,1-2H3,(H,34,35,40);;/q;+1;-1. The summed E-state index contributed by atoms with van der Waals surface area (Å²) >= 11 is 1.36. The second-order valence-electron chi connectivity index (χ2n) is 10.0. The summed E-state index contributed by atoms with van der Waals surface area (Å²) < 4.78 is 26.3. The number of methoxy groups -OCH3 is 1. The summed E-state index contributed by atoms with van der Waals surface area (Å²) in [5.74, 6) is -1.66. The number of aromatic nitrogens is 4. The van der Waals surface area contributed by atoms with Crippen LogP contribution in [0.3, 0.4) is 0 Å². The van der Waals surface area contributed by atoms with Crippen LogP contribution in [0.4, 0.5) is 4.39 Å². The molecule has 6 aromatic rings. The minimum absolute atomic E-state index is 0. The van der Waals surface area contributed by atoms with Crippen molar-refractivity contribution in [2.75, 3.05) is 7.11 Å². The first-order valence-corrected chi connectivity index (χ1v) is 14.5. The van der Waals surface area contributed by atoms with Gasteiger partial charge >= 0.3 is 62.8 Å². The Morgan fingerprint density at radius 1 is 1.02 bits per heavy atom. The number of H-pyrrole nitrogens is 1. The summed E-state index contributed by atoms with van der Waals surface area (Å²) in [5, 5.41) is 4.14. The van der Waals surface area contributed by atoms with Crippen LogP contribution in [-0.4, -0.2) is 32.2 Å². The molecule has 0 atom stereocenters. The largest absolute Gasteiger partial charge is 1.00 e. The Kier molecular flexibility index (Phi) is 9.96. The van der Waals surface area contributed by atoms with Crippen molar-refractivity contribution in [3.05, 3.63) is 126 Å². The Hall–Kier alpha value is -3.72. The second kappa shape index (κ2) is 13.7. The number of halogens is 1. The number of aromatic amines is 1. The van der Waals surface area contributed by atoms with Gasteiger partial charge in [-0.1, -0.05) is 60.6 Å². The first kappa shape index (κ1) is 32.7. The molecule has 0 spiro atoms. The molecule has 0 aliphatic rings. The van der Waals surface area contributed by atoms with Crippen LogP contribution < -0.4 is 73.1 Å². The van der Waals surface area contributed by atoms with Gasteiger partial charge in [0.1, 0.15) is 4.83 Å². The molecule has 1 N–H and O–H groups in total. The second-order valence-corrected chi connectivity index (χ2v) is 11.1. The van der Waals surface area contributed by atoms with Crippen molar-refractivity contribution in [1.82, 2.24) is 19.3 Å². The number of Topliss-reactive ketones (excluding diaryl/α,β-unsaturated/α-hetero) is 1. The number of nitrogens with zero attached hydrogens (tertiary/aromatic N) is 3.